The first-order valence-electron chi connectivity index (χ1n) is 11.5. The van der Waals surface area contributed by atoms with Crippen molar-refractivity contribution in [3.63, 3.8) is 0 Å². The Hall–Kier alpha value is -2.90. The van der Waals surface area contributed by atoms with E-state index in [2.05, 4.69) is 0 Å². The molecular formula is C26H22Cl2N2O5. The highest BCUT2D eigenvalue weighted by atomic mass is 35.5. The summed E-state index contributed by atoms with van der Waals surface area (Å²) in [5, 5.41) is 12.6. The van der Waals surface area contributed by atoms with Crippen molar-refractivity contribution in [2.75, 3.05) is 14.1 Å². The van der Waals surface area contributed by atoms with Gasteiger partial charge in [-0.15, -0.1) is 23.2 Å². The smallest absolute Gasteiger partial charge is 0.253 e. The molecule has 2 heterocycles. The highest BCUT2D eigenvalue weighted by Gasteiger charge is 2.76. The quantitative estimate of drug-likeness (QED) is 0.359. The second kappa shape index (κ2) is 7.08. The molecule has 2 aromatic carbocycles. The van der Waals surface area contributed by atoms with Crippen LogP contribution in [-0.4, -0.2) is 62.4 Å². The molecule has 6 rings (SSSR count). The molecule has 1 saturated carbocycles. The van der Waals surface area contributed by atoms with Gasteiger partial charge in [0.25, 0.3) is 11.8 Å². The van der Waals surface area contributed by atoms with Crippen LogP contribution in [0.3, 0.4) is 0 Å². The molecule has 2 aliphatic heterocycles. The lowest BCUT2D eigenvalue weighted by molar-refractivity contribution is -0.140. The molecule has 4 aliphatic rings. The summed E-state index contributed by atoms with van der Waals surface area (Å²) >= 11 is 14.3. The van der Waals surface area contributed by atoms with Crippen molar-refractivity contribution >= 4 is 57.6 Å². The van der Waals surface area contributed by atoms with Crippen LogP contribution in [0, 0.1) is 17.8 Å². The molecule has 2 aromatic rings. The highest BCUT2D eigenvalue weighted by molar-refractivity contribution is 6.53. The molecule has 7 nitrogen and oxygen atoms in total. The molecule has 180 valence electrons. The van der Waals surface area contributed by atoms with E-state index >= 15 is 0 Å². The van der Waals surface area contributed by atoms with Crippen molar-refractivity contribution in [1.82, 2.24) is 9.80 Å². The van der Waals surface area contributed by atoms with E-state index in [1.165, 1.54) is 20.2 Å². The van der Waals surface area contributed by atoms with Gasteiger partial charge in [-0.1, -0.05) is 42.0 Å². The minimum atomic E-state index is -1.92. The van der Waals surface area contributed by atoms with Gasteiger partial charge < -0.3 is 5.11 Å². The van der Waals surface area contributed by atoms with Gasteiger partial charge in [0, 0.05) is 25.6 Å². The summed E-state index contributed by atoms with van der Waals surface area (Å²) in [6.07, 6.45) is 2.10. The Balaban J connectivity index is 1.67. The summed E-state index contributed by atoms with van der Waals surface area (Å²) in [6.45, 7) is 0. The number of allylic oxidation sites excluding steroid dienone is 2. The van der Waals surface area contributed by atoms with Crippen LogP contribution in [0.4, 0.5) is 0 Å². The monoisotopic (exact) mass is 512 g/mol. The fourth-order valence-corrected chi connectivity index (χ4v) is 7.81. The molecule has 0 unspecified atom stereocenters. The van der Waals surface area contributed by atoms with Crippen molar-refractivity contribution in [3.05, 3.63) is 53.6 Å². The lowest BCUT2D eigenvalue weighted by atomic mass is 9.56. The van der Waals surface area contributed by atoms with Gasteiger partial charge >= 0.3 is 0 Å². The van der Waals surface area contributed by atoms with Gasteiger partial charge in [-0.2, -0.15) is 0 Å². The van der Waals surface area contributed by atoms with Crippen molar-refractivity contribution in [2.24, 2.45) is 17.8 Å². The number of alkyl halides is 2. The number of carbonyl (C=O) groups is 4. The van der Waals surface area contributed by atoms with Gasteiger partial charge in [0.2, 0.25) is 11.8 Å². The van der Waals surface area contributed by atoms with E-state index in [0.29, 0.717) is 22.9 Å². The average molecular weight is 513 g/mol. The zero-order valence-electron chi connectivity index (χ0n) is 19.0. The fraction of sp³-hybridized carbons (Fsp3) is 0.385. The Bertz CT molecular complexity index is 1410. The first-order chi connectivity index (χ1) is 16.5. The van der Waals surface area contributed by atoms with E-state index in [4.69, 9.17) is 23.2 Å². The number of carbonyl (C=O) groups excluding carboxylic acids is 4. The van der Waals surface area contributed by atoms with Crippen molar-refractivity contribution < 1.29 is 24.3 Å². The molecule has 2 aliphatic carbocycles. The molecule has 0 aromatic heterocycles. The summed E-state index contributed by atoms with van der Waals surface area (Å²) in [6, 6.07) is 10.7. The molecule has 1 N–H and O–H groups in total. The number of aromatic hydroxyl groups is 1. The second-order valence-corrected chi connectivity index (χ2v) is 11.2. The van der Waals surface area contributed by atoms with E-state index in [0.717, 1.165) is 15.2 Å². The molecule has 0 spiro atoms. The first-order valence-corrected chi connectivity index (χ1v) is 12.2. The van der Waals surface area contributed by atoms with Crippen LogP contribution >= 0.6 is 23.2 Å². The van der Waals surface area contributed by atoms with Crippen molar-refractivity contribution in [1.29, 1.82) is 0 Å². The number of likely N-dealkylation sites (tertiary alicyclic amines) is 2. The predicted octanol–water partition coefficient (Wildman–Crippen LogP) is 3.16. The first kappa shape index (κ1) is 22.6. The molecule has 0 radical (unpaired) electrons. The molecule has 35 heavy (non-hydrogen) atoms. The van der Waals surface area contributed by atoms with E-state index in [9.17, 15) is 24.3 Å². The highest BCUT2D eigenvalue weighted by Crippen LogP contribution is 2.66. The topological polar surface area (TPSA) is 95.0 Å². The Kier molecular flexibility index (Phi) is 4.56. The maximum atomic E-state index is 13.6. The fourth-order valence-electron chi connectivity index (χ4n) is 6.81. The minimum Gasteiger partial charge on any atom is -0.508 e. The van der Waals surface area contributed by atoms with Crippen LogP contribution in [0.5, 0.6) is 5.75 Å². The summed E-state index contributed by atoms with van der Waals surface area (Å²) in [4.78, 5) is 51.3. The number of hydrogen-bond acceptors (Lipinski definition) is 5. The van der Waals surface area contributed by atoms with Crippen molar-refractivity contribution in [2.45, 2.75) is 28.5 Å². The lowest BCUT2D eigenvalue weighted by Crippen LogP contribution is -2.60. The Morgan fingerprint density at radius 3 is 2.37 bits per heavy atom. The van der Waals surface area contributed by atoms with E-state index < -0.39 is 45.2 Å². The van der Waals surface area contributed by atoms with Gasteiger partial charge in [-0.05, 0) is 35.6 Å². The number of phenolic OH excluding ortho intramolecular Hbond substituents is 1. The van der Waals surface area contributed by atoms with Crippen LogP contribution in [0.15, 0.2) is 48.0 Å². The van der Waals surface area contributed by atoms with Gasteiger partial charge in [-0.3, -0.25) is 29.0 Å². The summed E-state index contributed by atoms with van der Waals surface area (Å²) in [5.74, 6) is -4.82. The standard InChI is InChI=1S/C26H22Cl2N2O5/c1-29-21(32)15-9-8-14-16(18(15)22(29)33)11-25(27)23(34)30(2)24(35)26(25,28)20(14)19-13-6-4-3-5-12(13)7-10-17(19)31/h3-8,10,15-16,18,20,31H,9,11H2,1-2H3/t15-,16+,18-,20+,25+,26-/m0/s1. The largest absolute Gasteiger partial charge is 0.508 e. The zero-order chi connectivity index (χ0) is 25.0. The average Bonchev–Trinajstić information content (AvgIpc) is 3.14. The van der Waals surface area contributed by atoms with Crippen LogP contribution in [0.25, 0.3) is 10.8 Å². The number of phenols is 1. The van der Waals surface area contributed by atoms with E-state index in [1.54, 1.807) is 6.07 Å². The lowest BCUT2D eigenvalue weighted by Gasteiger charge is -2.51. The SMILES string of the molecule is CN1C(=O)[C@H]2[C@H](CC=C3[C@H]2C[C@@]2(Cl)C(=O)N(C)C(=O)[C@@]2(Cl)[C@H]3c2c(O)ccc3ccccc23)C1=O. The summed E-state index contributed by atoms with van der Waals surface area (Å²) in [7, 11) is 2.80. The number of imide groups is 2. The van der Waals surface area contributed by atoms with Crippen LogP contribution in [0.2, 0.25) is 0 Å². The number of fused-ring (bicyclic) bond motifs is 5. The summed E-state index contributed by atoms with van der Waals surface area (Å²) < 4.78 is 0. The maximum Gasteiger partial charge on any atom is 0.253 e. The minimum absolute atomic E-state index is 0.0607. The molecule has 6 atom stereocenters. The molecule has 3 fully saturated rings. The van der Waals surface area contributed by atoms with E-state index in [1.807, 2.05) is 30.3 Å². The van der Waals surface area contributed by atoms with Crippen LogP contribution in [-0.2, 0) is 19.2 Å². The summed E-state index contributed by atoms with van der Waals surface area (Å²) in [5.41, 5.74) is 1.05. The van der Waals surface area contributed by atoms with Gasteiger partial charge in [0.05, 0.1) is 11.8 Å². The number of amides is 4. The number of nitrogens with zero attached hydrogens (tertiary/aromatic N) is 2. The Morgan fingerprint density at radius 2 is 1.63 bits per heavy atom. The van der Waals surface area contributed by atoms with Gasteiger partial charge in [0.1, 0.15) is 5.75 Å². The Morgan fingerprint density at radius 1 is 0.914 bits per heavy atom. The second-order valence-electron chi connectivity index (χ2n) is 9.95. The molecule has 4 amide bonds. The number of rotatable bonds is 1. The molecule has 0 bridgehead atoms. The molecular weight excluding hydrogens is 491 g/mol. The maximum absolute atomic E-state index is 13.6. The predicted molar refractivity (Wildman–Crippen MR) is 129 cm³/mol. The molecule has 2 saturated heterocycles. The normalized spacial score (nSPS) is 36.4. The third kappa shape index (κ3) is 2.53. The zero-order valence-corrected chi connectivity index (χ0v) is 20.5. The number of halogens is 2. The van der Waals surface area contributed by atoms with Crippen LogP contribution in [0.1, 0.15) is 24.3 Å². The van der Waals surface area contributed by atoms with Crippen molar-refractivity contribution in [3.8, 4) is 5.75 Å². The van der Waals surface area contributed by atoms with Crippen LogP contribution < -0.4 is 0 Å². The third-order valence-corrected chi connectivity index (χ3v) is 9.88. The third-order valence-electron chi connectivity index (χ3n) is 8.47. The van der Waals surface area contributed by atoms with Gasteiger partial charge in [0.15, 0.2) is 9.75 Å². The van der Waals surface area contributed by atoms with E-state index in [-0.39, 0.29) is 24.0 Å². The van der Waals surface area contributed by atoms with Gasteiger partial charge in [-0.25, -0.2) is 0 Å². The number of benzene rings is 2. The number of hydrogen-bond donors (Lipinski definition) is 1. The Labute approximate surface area is 211 Å². The molecule has 9 heteroatoms.